The number of carboxylic acid groups (broad SMARTS) is 1. The van der Waals surface area contributed by atoms with Crippen molar-refractivity contribution < 1.29 is 14.6 Å². The first-order valence-corrected chi connectivity index (χ1v) is 5.06. The highest BCUT2D eigenvalue weighted by atomic mass is 16.5. The second-order valence-corrected chi connectivity index (χ2v) is 4.01. The van der Waals surface area contributed by atoms with E-state index in [1.54, 1.807) is 14.0 Å². The van der Waals surface area contributed by atoms with Crippen LogP contribution < -0.4 is 0 Å². The molecule has 1 unspecified atom stereocenters. The summed E-state index contributed by atoms with van der Waals surface area (Å²) >= 11 is 0. The van der Waals surface area contributed by atoms with E-state index in [9.17, 15) is 4.79 Å². The van der Waals surface area contributed by atoms with Crippen LogP contribution in [-0.4, -0.2) is 41.2 Å². The number of rotatable bonds is 4. The van der Waals surface area contributed by atoms with Gasteiger partial charge in [0.1, 0.15) is 0 Å². The number of hydrazone groups is 1. The molecule has 86 valence electrons. The fourth-order valence-electron chi connectivity index (χ4n) is 1.75. The standard InChI is InChI=1S/C10H18N2O3/c1-8(7-9(13)14)11-12-6-4-5-10(12,2)15-3/h4-7H2,1-3H3,(H,13,14). The van der Waals surface area contributed by atoms with Gasteiger partial charge in [0.15, 0.2) is 5.72 Å². The van der Waals surface area contributed by atoms with Crippen molar-refractivity contribution in [2.45, 2.75) is 38.8 Å². The molecule has 0 aromatic heterocycles. The molecule has 1 fully saturated rings. The zero-order valence-corrected chi connectivity index (χ0v) is 9.49. The molecule has 1 heterocycles. The summed E-state index contributed by atoms with van der Waals surface area (Å²) in [5.74, 6) is -0.852. The molecule has 0 amide bonds. The minimum Gasteiger partial charge on any atom is -0.481 e. The fourth-order valence-corrected chi connectivity index (χ4v) is 1.75. The van der Waals surface area contributed by atoms with E-state index < -0.39 is 5.97 Å². The lowest BCUT2D eigenvalue weighted by molar-refractivity contribution is -0.135. The van der Waals surface area contributed by atoms with Crippen molar-refractivity contribution in [3.05, 3.63) is 0 Å². The normalized spacial score (nSPS) is 27.1. The van der Waals surface area contributed by atoms with E-state index in [2.05, 4.69) is 5.10 Å². The maximum absolute atomic E-state index is 10.5. The third kappa shape index (κ3) is 2.92. The molecule has 0 saturated carbocycles. The van der Waals surface area contributed by atoms with Crippen LogP contribution in [-0.2, 0) is 9.53 Å². The van der Waals surface area contributed by atoms with Gasteiger partial charge in [0.25, 0.3) is 0 Å². The van der Waals surface area contributed by atoms with E-state index in [-0.39, 0.29) is 12.1 Å². The Morgan fingerprint density at radius 3 is 2.87 bits per heavy atom. The van der Waals surface area contributed by atoms with Crippen LogP contribution in [0.2, 0.25) is 0 Å². The smallest absolute Gasteiger partial charge is 0.309 e. The van der Waals surface area contributed by atoms with Gasteiger partial charge in [-0.15, -0.1) is 0 Å². The van der Waals surface area contributed by atoms with E-state index in [0.717, 1.165) is 19.4 Å². The van der Waals surface area contributed by atoms with Crippen molar-refractivity contribution in [2.24, 2.45) is 5.10 Å². The number of carboxylic acids is 1. The van der Waals surface area contributed by atoms with Gasteiger partial charge in [-0.1, -0.05) is 0 Å². The van der Waals surface area contributed by atoms with Crippen molar-refractivity contribution in [2.75, 3.05) is 13.7 Å². The second-order valence-electron chi connectivity index (χ2n) is 4.01. The number of hydrogen-bond acceptors (Lipinski definition) is 4. The predicted octanol–water partition coefficient (Wildman–Crippen LogP) is 1.30. The maximum atomic E-state index is 10.5. The third-order valence-corrected chi connectivity index (χ3v) is 2.69. The molecule has 0 aliphatic carbocycles. The van der Waals surface area contributed by atoms with Crippen LogP contribution in [0.1, 0.15) is 33.1 Å². The molecule has 0 radical (unpaired) electrons. The Bertz CT molecular complexity index is 278. The molecule has 1 N–H and O–H groups in total. The van der Waals surface area contributed by atoms with Gasteiger partial charge in [0.05, 0.1) is 6.42 Å². The first-order valence-electron chi connectivity index (χ1n) is 5.06. The van der Waals surface area contributed by atoms with Crippen LogP contribution in [0, 0.1) is 0 Å². The zero-order valence-electron chi connectivity index (χ0n) is 9.49. The molecule has 5 heteroatoms. The first kappa shape index (κ1) is 12.0. The molecule has 0 bridgehead atoms. The number of carbonyl (C=O) groups is 1. The maximum Gasteiger partial charge on any atom is 0.309 e. The highest BCUT2D eigenvalue weighted by Crippen LogP contribution is 2.29. The number of methoxy groups -OCH3 is 1. The Balaban J connectivity index is 2.67. The minimum atomic E-state index is -0.852. The molecule has 1 aliphatic rings. The molecule has 1 rings (SSSR count). The van der Waals surface area contributed by atoms with Crippen molar-refractivity contribution >= 4 is 11.7 Å². The highest BCUT2D eigenvalue weighted by Gasteiger charge is 2.36. The first-order chi connectivity index (χ1) is 6.98. The summed E-state index contributed by atoms with van der Waals surface area (Å²) in [6, 6.07) is 0. The summed E-state index contributed by atoms with van der Waals surface area (Å²) in [6.45, 7) is 4.52. The highest BCUT2D eigenvalue weighted by molar-refractivity contribution is 5.96. The lowest BCUT2D eigenvalue weighted by Gasteiger charge is -2.31. The van der Waals surface area contributed by atoms with Gasteiger partial charge in [-0.3, -0.25) is 9.80 Å². The number of nitrogens with zero attached hydrogens (tertiary/aromatic N) is 2. The molecule has 0 spiro atoms. The monoisotopic (exact) mass is 214 g/mol. The van der Waals surface area contributed by atoms with Gasteiger partial charge in [-0.05, 0) is 26.7 Å². The van der Waals surface area contributed by atoms with E-state index in [1.165, 1.54) is 0 Å². The number of aliphatic carboxylic acids is 1. The van der Waals surface area contributed by atoms with E-state index in [0.29, 0.717) is 5.71 Å². The molecule has 1 atom stereocenters. The predicted molar refractivity (Wildman–Crippen MR) is 56.7 cm³/mol. The van der Waals surface area contributed by atoms with Gasteiger partial charge in [-0.2, -0.15) is 5.10 Å². The van der Waals surface area contributed by atoms with Crippen molar-refractivity contribution in [3.63, 3.8) is 0 Å². The summed E-state index contributed by atoms with van der Waals surface area (Å²) in [4.78, 5) is 10.5. The average Bonchev–Trinajstić information content (AvgIpc) is 2.47. The lowest BCUT2D eigenvalue weighted by Crippen LogP contribution is -2.39. The lowest BCUT2D eigenvalue weighted by atomic mass is 10.2. The van der Waals surface area contributed by atoms with Crippen LogP contribution in [0.5, 0.6) is 0 Å². The van der Waals surface area contributed by atoms with Crippen molar-refractivity contribution in [3.8, 4) is 0 Å². The Labute approximate surface area is 89.7 Å². The summed E-state index contributed by atoms with van der Waals surface area (Å²) in [6.07, 6.45) is 1.93. The second kappa shape index (κ2) is 4.61. The molecule has 1 aliphatic heterocycles. The van der Waals surface area contributed by atoms with E-state index in [4.69, 9.17) is 9.84 Å². The molecular formula is C10H18N2O3. The van der Waals surface area contributed by atoms with Gasteiger partial charge >= 0.3 is 5.97 Å². The molecule has 0 aromatic rings. The molecule has 0 aromatic carbocycles. The van der Waals surface area contributed by atoms with Crippen LogP contribution in [0.3, 0.4) is 0 Å². The molecule has 1 saturated heterocycles. The number of ether oxygens (including phenoxy) is 1. The van der Waals surface area contributed by atoms with Crippen molar-refractivity contribution in [1.29, 1.82) is 0 Å². The molecular weight excluding hydrogens is 196 g/mol. The topological polar surface area (TPSA) is 62.1 Å². The number of hydrogen-bond donors (Lipinski definition) is 1. The SMILES string of the molecule is COC1(C)CCCN1N=C(C)CC(=O)O. The molecule has 5 nitrogen and oxygen atoms in total. The van der Waals surface area contributed by atoms with Crippen LogP contribution >= 0.6 is 0 Å². The average molecular weight is 214 g/mol. The zero-order chi connectivity index (χ0) is 11.5. The van der Waals surface area contributed by atoms with Crippen molar-refractivity contribution in [1.82, 2.24) is 5.01 Å². The minimum absolute atomic E-state index is 0.0176. The Morgan fingerprint density at radius 1 is 1.67 bits per heavy atom. The van der Waals surface area contributed by atoms with Crippen LogP contribution in [0.4, 0.5) is 0 Å². The van der Waals surface area contributed by atoms with Gasteiger partial charge in [0, 0.05) is 19.4 Å². The molecule has 15 heavy (non-hydrogen) atoms. The third-order valence-electron chi connectivity index (χ3n) is 2.69. The van der Waals surface area contributed by atoms with E-state index >= 15 is 0 Å². The Morgan fingerprint density at radius 2 is 2.33 bits per heavy atom. The summed E-state index contributed by atoms with van der Waals surface area (Å²) in [5.41, 5.74) is 0.229. The fraction of sp³-hybridized carbons (Fsp3) is 0.800. The summed E-state index contributed by atoms with van der Waals surface area (Å²) < 4.78 is 5.39. The van der Waals surface area contributed by atoms with E-state index in [1.807, 2.05) is 11.9 Å². The Kier molecular flexibility index (Phi) is 3.68. The van der Waals surface area contributed by atoms with Crippen LogP contribution in [0.25, 0.3) is 0 Å². The van der Waals surface area contributed by atoms with Gasteiger partial charge in [-0.25, -0.2) is 0 Å². The summed E-state index contributed by atoms with van der Waals surface area (Å²) in [7, 11) is 1.65. The van der Waals surface area contributed by atoms with Crippen LogP contribution in [0.15, 0.2) is 5.10 Å². The quantitative estimate of drug-likeness (QED) is 0.716. The van der Waals surface area contributed by atoms with Gasteiger partial charge < -0.3 is 9.84 Å². The van der Waals surface area contributed by atoms with Gasteiger partial charge in [0.2, 0.25) is 0 Å². The summed E-state index contributed by atoms with van der Waals surface area (Å²) in [5, 5.41) is 14.7. The Hall–Kier alpha value is -1.10. The largest absolute Gasteiger partial charge is 0.481 e.